The van der Waals surface area contributed by atoms with Crippen LogP contribution in [0.25, 0.3) is 0 Å². The first kappa shape index (κ1) is 9.47. The summed E-state index contributed by atoms with van der Waals surface area (Å²) >= 11 is 0. The molecule has 0 aromatic rings. The highest BCUT2D eigenvalue weighted by Gasteiger charge is 2.41. The Morgan fingerprint density at radius 2 is 2.23 bits per heavy atom. The van der Waals surface area contributed by atoms with E-state index in [1.165, 1.54) is 25.7 Å². The molecule has 76 valence electrons. The lowest BCUT2D eigenvalue weighted by Gasteiger charge is -2.47. The van der Waals surface area contributed by atoms with Crippen LogP contribution in [-0.4, -0.2) is 24.4 Å². The molecule has 2 atom stereocenters. The zero-order valence-corrected chi connectivity index (χ0v) is 8.46. The lowest BCUT2D eigenvalue weighted by Crippen LogP contribution is -2.43. The Balaban J connectivity index is 1.82. The van der Waals surface area contributed by atoms with E-state index in [0.29, 0.717) is 17.4 Å². The molecule has 0 aromatic carbocycles. The number of aliphatic hydroxyl groups excluding tert-OH is 1. The first-order valence-electron chi connectivity index (χ1n) is 5.48. The van der Waals surface area contributed by atoms with E-state index in [0.717, 1.165) is 13.0 Å². The minimum Gasteiger partial charge on any atom is -0.396 e. The van der Waals surface area contributed by atoms with Gasteiger partial charge in [-0.2, -0.15) is 0 Å². The Bertz CT molecular complexity index is 165. The Labute approximate surface area is 80.3 Å². The summed E-state index contributed by atoms with van der Waals surface area (Å²) in [5.74, 6) is 0.317. The van der Waals surface area contributed by atoms with E-state index in [9.17, 15) is 0 Å². The van der Waals surface area contributed by atoms with E-state index in [-0.39, 0.29) is 6.61 Å². The summed E-state index contributed by atoms with van der Waals surface area (Å²) in [6.07, 6.45) is 6.92. The van der Waals surface area contributed by atoms with E-state index >= 15 is 0 Å². The average molecular weight is 184 g/mol. The van der Waals surface area contributed by atoms with Gasteiger partial charge in [-0.3, -0.25) is 0 Å². The topological polar surface area (TPSA) is 29.5 Å². The van der Waals surface area contributed by atoms with Crippen molar-refractivity contribution >= 4 is 0 Å². The molecule has 13 heavy (non-hydrogen) atoms. The van der Waals surface area contributed by atoms with Gasteiger partial charge in [0.2, 0.25) is 0 Å². The minimum absolute atomic E-state index is 0.262. The molecule has 2 rings (SSSR count). The third-order valence-electron chi connectivity index (χ3n) is 3.90. The zero-order chi connectivity index (χ0) is 9.31. The normalized spacial score (nSPS) is 34.2. The summed E-state index contributed by atoms with van der Waals surface area (Å²) in [4.78, 5) is 0. The molecule has 0 radical (unpaired) electrons. The van der Waals surface area contributed by atoms with Gasteiger partial charge in [0.25, 0.3) is 0 Å². The van der Waals surface area contributed by atoms with Crippen LogP contribution < -0.4 is 0 Å². The second kappa shape index (κ2) is 3.58. The minimum atomic E-state index is 0.262. The number of rotatable bonds is 2. The molecule has 1 N–H and O–H groups in total. The van der Waals surface area contributed by atoms with Crippen LogP contribution in [-0.2, 0) is 4.74 Å². The van der Waals surface area contributed by atoms with Crippen molar-refractivity contribution < 1.29 is 9.84 Å². The fraction of sp³-hybridized carbons (Fsp3) is 1.00. The van der Waals surface area contributed by atoms with Gasteiger partial charge in [-0.15, -0.1) is 0 Å². The van der Waals surface area contributed by atoms with Crippen LogP contribution in [0.1, 0.15) is 39.0 Å². The maximum Gasteiger partial charge on any atom is 0.0623 e. The lowest BCUT2D eigenvalue weighted by molar-refractivity contribution is -0.118. The molecule has 2 nitrogen and oxygen atoms in total. The summed E-state index contributed by atoms with van der Waals surface area (Å²) in [5.41, 5.74) is 0.561. The Hall–Kier alpha value is -0.0800. The molecule has 0 aromatic heterocycles. The van der Waals surface area contributed by atoms with Crippen LogP contribution in [0.5, 0.6) is 0 Å². The molecule has 1 saturated carbocycles. The van der Waals surface area contributed by atoms with Crippen molar-refractivity contribution in [1.82, 2.24) is 0 Å². The molecule has 2 aliphatic rings. The maximum atomic E-state index is 9.01. The van der Waals surface area contributed by atoms with E-state index in [2.05, 4.69) is 6.92 Å². The summed E-state index contributed by atoms with van der Waals surface area (Å²) < 4.78 is 5.83. The first-order valence-corrected chi connectivity index (χ1v) is 5.48. The van der Waals surface area contributed by atoms with Gasteiger partial charge in [0.1, 0.15) is 0 Å². The predicted octanol–water partition coefficient (Wildman–Crippen LogP) is 1.96. The van der Waals surface area contributed by atoms with Crippen molar-refractivity contribution in [2.75, 3.05) is 13.2 Å². The summed E-state index contributed by atoms with van der Waals surface area (Å²) in [7, 11) is 0. The smallest absolute Gasteiger partial charge is 0.0623 e. The largest absolute Gasteiger partial charge is 0.396 e. The fourth-order valence-corrected chi connectivity index (χ4v) is 2.53. The van der Waals surface area contributed by atoms with Gasteiger partial charge < -0.3 is 9.84 Å². The van der Waals surface area contributed by atoms with Crippen LogP contribution in [0.15, 0.2) is 0 Å². The van der Waals surface area contributed by atoms with Crippen molar-refractivity contribution in [2.24, 2.45) is 11.3 Å². The maximum absolute atomic E-state index is 9.01. The van der Waals surface area contributed by atoms with Crippen molar-refractivity contribution in [3.63, 3.8) is 0 Å². The molecular formula is C11H20O2. The summed E-state index contributed by atoms with van der Waals surface area (Å²) in [6.45, 7) is 3.28. The zero-order valence-electron chi connectivity index (χ0n) is 8.46. The van der Waals surface area contributed by atoms with Crippen LogP contribution in [0.2, 0.25) is 0 Å². The number of hydrogen-bond acceptors (Lipinski definition) is 2. The molecule has 1 aliphatic heterocycles. The van der Waals surface area contributed by atoms with Crippen LogP contribution in [0.4, 0.5) is 0 Å². The summed E-state index contributed by atoms with van der Waals surface area (Å²) in [5, 5.41) is 9.01. The number of hydrogen-bond donors (Lipinski definition) is 1. The molecule has 1 aliphatic carbocycles. The first-order chi connectivity index (χ1) is 6.26. The highest BCUT2D eigenvalue weighted by Crippen LogP contribution is 2.48. The third-order valence-corrected chi connectivity index (χ3v) is 3.90. The standard InChI is InChI=1S/C11H20O2/c1-9(7-12)10-3-6-11(8-13-10)4-2-5-11/h9-10,12H,2-8H2,1H3/t9-,10?/m0/s1. The van der Waals surface area contributed by atoms with Crippen LogP contribution in [0, 0.1) is 11.3 Å². The molecule has 2 fully saturated rings. The molecule has 1 saturated heterocycles. The Morgan fingerprint density at radius 3 is 2.62 bits per heavy atom. The predicted molar refractivity (Wildman–Crippen MR) is 51.5 cm³/mol. The van der Waals surface area contributed by atoms with Crippen molar-refractivity contribution in [2.45, 2.75) is 45.1 Å². The monoisotopic (exact) mass is 184 g/mol. The van der Waals surface area contributed by atoms with Gasteiger partial charge in [0.05, 0.1) is 12.7 Å². The van der Waals surface area contributed by atoms with Crippen LogP contribution >= 0.6 is 0 Å². The van der Waals surface area contributed by atoms with Gasteiger partial charge in [-0.05, 0) is 31.1 Å². The number of aliphatic hydroxyl groups is 1. The van der Waals surface area contributed by atoms with Crippen molar-refractivity contribution in [3.8, 4) is 0 Å². The molecule has 1 spiro atoms. The molecule has 2 heteroatoms. The van der Waals surface area contributed by atoms with Crippen molar-refractivity contribution in [3.05, 3.63) is 0 Å². The van der Waals surface area contributed by atoms with Gasteiger partial charge in [0.15, 0.2) is 0 Å². The average Bonchev–Trinajstić information content (AvgIpc) is 2.14. The van der Waals surface area contributed by atoms with Crippen molar-refractivity contribution in [1.29, 1.82) is 0 Å². The van der Waals surface area contributed by atoms with E-state index in [1.807, 2.05) is 0 Å². The van der Waals surface area contributed by atoms with E-state index in [1.54, 1.807) is 0 Å². The molecule has 0 bridgehead atoms. The number of ether oxygens (including phenoxy) is 1. The second-order valence-corrected chi connectivity index (χ2v) is 4.90. The second-order valence-electron chi connectivity index (χ2n) is 4.90. The van der Waals surface area contributed by atoms with E-state index < -0.39 is 0 Å². The summed E-state index contributed by atoms with van der Waals surface area (Å²) in [6, 6.07) is 0. The van der Waals surface area contributed by atoms with Gasteiger partial charge in [0, 0.05) is 12.5 Å². The molecule has 0 amide bonds. The van der Waals surface area contributed by atoms with Gasteiger partial charge in [-0.1, -0.05) is 13.3 Å². The molecule has 1 heterocycles. The molecule has 1 unspecified atom stereocenters. The third kappa shape index (κ3) is 1.75. The fourth-order valence-electron chi connectivity index (χ4n) is 2.53. The lowest BCUT2D eigenvalue weighted by atomic mass is 9.65. The highest BCUT2D eigenvalue weighted by molar-refractivity contribution is 4.91. The molecular weight excluding hydrogens is 164 g/mol. The quantitative estimate of drug-likeness (QED) is 0.711. The highest BCUT2D eigenvalue weighted by atomic mass is 16.5. The van der Waals surface area contributed by atoms with Crippen LogP contribution in [0.3, 0.4) is 0 Å². The van der Waals surface area contributed by atoms with E-state index in [4.69, 9.17) is 9.84 Å². The Morgan fingerprint density at radius 1 is 1.46 bits per heavy atom. The SMILES string of the molecule is C[C@@H](CO)C1CCC2(CCC2)CO1. The van der Waals surface area contributed by atoms with Gasteiger partial charge in [-0.25, -0.2) is 0 Å². The Kier molecular flexibility index (Phi) is 2.61. The van der Waals surface area contributed by atoms with Gasteiger partial charge >= 0.3 is 0 Å².